The summed E-state index contributed by atoms with van der Waals surface area (Å²) in [6, 6.07) is 25.2. The molecule has 3 heteroatoms. The Morgan fingerprint density at radius 1 is 0.969 bits per heavy atom. The number of aryl methyl sites for hydroxylation is 1. The van der Waals surface area contributed by atoms with Crippen LogP contribution >= 0.6 is 0 Å². The van der Waals surface area contributed by atoms with E-state index in [1.807, 2.05) is 24.3 Å². The third-order valence-corrected chi connectivity index (χ3v) is 6.51. The van der Waals surface area contributed by atoms with E-state index in [1.54, 1.807) is 0 Å². The maximum atomic E-state index is 9.24. The fourth-order valence-electron chi connectivity index (χ4n) is 4.57. The molecule has 3 aromatic carbocycles. The molecule has 0 spiro atoms. The molecule has 0 amide bonds. The van der Waals surface area contributed by atoms with Crippen LogP contribution in [0, 0.1) is 17.2 Å². The number of aromatic nitrogens is 1. The van der Waals surface area contributed by atoms with E-state index >= 15 is 0 Å². The summed E-state index contributed by atoms with van der Waals surface area (Å²) in [5.74, 6) is 1.60. The minimum Gasteiger partial charge on any atom is -0.494 e. The lowest BCUT2D eigenvalue weighted by molar-refractivity contribution is 0.307. The molecule has 1 aliphatic carbocycles. The Hall–Kier alpha value is -3.51. The molecule has 1 aliphatic rings. The second-order valence-corrected chi connectivity index (χ2v) is 8.79. The number of fused-ring (bicyclic) bond motifs is 3. The molecular weight excluding hydrogens is 392 g/mol. The van der Waals surface area contributed by atoms with Gasteiger partial charge in [0.2, 0.25) is 0 Å². The summed E-state index contributed by atoms with van der Waals surface area (Å²) in [6.45, 7) is 5.91. The standard InChI is InChI=1S/C29H28N2O/c1-21(22-13-14-22)20-31-28-12-5-4-11-26(28)27-16-15-25(18-29(27)31)32-17-7-6-9-23-8-2-3-10-24(23)19-30/h2-5,8,10-12,15-16,18,22H,1,6-7,9,13-14,17,20H2. The van der Waals surface area contributed by atoms with E-state index < -0.39 is 0 Å². The first-order valence-corrected chi connectivity index (χ1v) is 11.5. The van der Waals surface area contributed by atoms with Crippen LogP contribution in [0.2, 0.25) is 0 Å². The van der Waals surface area contributed by atoms with Crippen molar-refractivity contribution in [1.29, 1.82) is 5.26 Å². The molecule has 0 radical (unpaired) electrons. The second-order valence-electron chi connectivity index (χ2n) is 8.79. The third kappa shape index (κ3) is 4.14. The van der Waals surface area contributed by atoms with Crippen molar-refractivity contribution in [3.8, 4) is 11.8 Å². The molecule has 0 atom stereocenters. The van der Waals surface area contributed by atoms with Crippen LogP contribution in [-0.2, 0) is 13.0 Å². The SMILES string of the molecule is C=C(Cn1c2ccccc2c2ccc(OCCCCc3ccccc3C#N)cc21)C1CC1. The first-order valence-electron chi connectivity index (χ1n) is 11.5. The first-order chi connectivity index (χ1) is 15.7. The van der Waals surface area contributed by atoms with Crippen LogP contribution in [0.1, 0.15) is 36.8 Å². The van der Waals surface area contributed by atoms with Crippen molar-refractivity contribution in [2.24, 2.45) is 5.92 Å². The topological polar surface area (TPSA) is 38.0 Å². The zero-order valence-corrected chi connectivity index (χ0v) is 18.4. The minimum atomic E-state index is 0.676. The molecule has 0 bridgehead atoms. The summed E-state index contributed by atoms with van der Waals surface area (Å²) in [7, 11) is 0. The monoisotopic (exact) mass is 420 g/mol. The molecule has 5 rings (SSSR count). The Morgan fingerprint density at radius 3 is 2.59 bits per heavy atom. The zero-order valence-electron chi connectivity index (χ0n) is 18.4. The molecule has 4 aromatic rings. The van der Waals surface area contributed by atoms with Crippen LogP contribution in [0.5, 0.6) is 5.75 Å². The van der Waals surface area contributed by atoms with E-state index in [0.717, 1.165) is 42.7 Å². The zero-order chi connectivity index (χ0) is 21.9. The number of hydrogen-bond acceptors (Lipinski definition) is 2. The maximum Gasteiger partial charge on any atom is 0.121 e. The van der Waals surface area contributed by atoms with E-state index in [2.05, 4.69) is 59.7 Å². The summed E-state index contributed by atoms with van der Waals surface area (Å²) < 4.78 is 8.52. The molecule has 1 aromatic heterocycles. The fraction of sp³-hybridized carbons (Fsp3) is 0.276. The maximum absolute atomic E-state index is 9.24. The Balaban J connectivity index is 1.29. The van der Waals surface area contributed by atoms with Gasteiger partial charge in [-0.25, -0.2) is 0 Å². The Bertz CT molecular complexity index is 1320. The predicted octanol–water partition coefficient (Wildman–Crippen LogP) is 7.03. The Morgan fingerprint density at radius 2 is 1.75 bits per heavy atom. The quantitative estimate of drug-likeness (QED) is 0.215. The van der Waals surface area contributed by atoms with Gasteiger partial charge < -0.3 is 9.30 Å². The van der Waals surface area contributed by atoms with Gasteiger partial charge in [0.1, 0.15) is 5.75 Å². The fourth-order valence-corrected chi connectivity index (χ4v) is 4.57. The van der Waals surface area contributed by atoms with Gasteiger partial charge in [-0.15, -0.1) is 0 Å². The van der Waals surface area contributed by atoms with Gasteiger partial charge in [0.25, 0.3) is 0 Å². The summed E-state index contributed by atoms with van der Waals surface area (Å²) in [4.78, 5) is 0. The third-order valence-electron chi connectivity index (χ3n) is 6.51. The van der Waals surface area contributed by atoms with E-state index in [9.17, 15) is 5.26 Å². The lowest BCUT2D eigenvalue weighted by Crippen LogP contribution is -2.02. The van der Waals surface area contributed by atoms with Gasteiger partial charge in [-0.05, 0) is 67.9 Å². The van der Waals surface area contributed by atoms with Gasteiger partial charge in [-0.3, -0.25) is 0 Å². The van der Waals surface area contributed by atoms with Gasteiger partial charge in [0, 0.05) is 28.9 Å². The van der Waals surface area contributed by atoms with E-state index in [-0.39, 0.29) is 0 Å². The van der Waals surface area contributed by atoms with Crippen molar-refractivity contribution in [3.63, 3.8) is 0 Å². The smallest absolute Gasteiger partial charge is 0.121 e. The number of allylic oxidation sites excluding steroid dienone is 1. The highest BCUT2D eigenvalue weighted by atomic mass is 16.5. The summed E-state index contributed by atoms with van der Waals surface area (Å²) in [5, 5.41) is 11.8. The average molecular weight is 421 g/mol. The average Bonchev–Trinajstić information content (AvgIpc) is 3.64. The van der Waals surface area contributed by atoms with Gasteiger partial charge >= 0.3 is 0 Å². The lowest BCUT2D eigenvalue weighted by Gasteiger charge is -2.11. The van der Waals surface area contributed by atoms with Gasteiger partial charge in [0.05, 0.1) is 23.8 Å². The van der Waals surface area contributed by atoms with Crippen LogP contribution in [0.3, 0.4) is 0 Å². The number of nitriles is 1. The molecule has 1 saturated carbocycles. The lowest BCUT2D eigenvalue weighted by atomic mass is 10.0. The number of para-hydroxylation sites is 1. The first kappa shape index (κ1) is 20.4. The van der Waals surface area contributed by atoms with Crippen LogP contribution in [0.4, 0.5) is 0 Å². The minimum absolute atomic E-state index is 0.676. The number of benzene rings is 3. The summed E-state index contributed by atoms with van der Waals surface area (Å²) in [6.07, 6.45) is 5.43. The largest absolute Gasteiger partial charge is 0.494 e. The number of unbranched alkanes of at least 4 members (excludes halogenated alkanes) is 1. The number of ether oxygens (including phenoxy) is 1. The van der Waals surface area contributed by atoms with Crippen molar-refractivity contribution < 1.29 is 4.74 Å². The van der Waals surface area contributed by atoms with Crippen molar-refractivity contribution >= 4 is 21.8 Å². The summed E-state index contributed by atoms with van der Waals surface area (Å²) in [5.41, 5.74) is 5.71. The van der Waals surface area contributed by atoms with E-state index in [1.165, 1.54) is 40.2 Å². The second kappa shape index (κ2) is 8.93. The molecule has 1 fully saturated rings. The molecule has 160 valence electrons. The van der Waals surface area contributed by atoms with Crippen LogP contribution in [0.25, 0.3) is 21.8 Å². The molecule has 32 heavy (non-hydrogen) atoms. The Kier molecular flexibility index (Phi) is 5.69. The molecule has 0 unspecified atom stereocenters. The van der Waals surface area contributed by atoms with Gasteiger partial charge in [-0.1, -0.05) is 48.6 Å². The van der Waals surface area contributed by atoms with E-state index in [4.69, 9.17) is 4.74 Å². The van der Waals surface area contributed by atoms with Crippen LogP contribution < -0.4 is 4.74 Å². The highest BCUT2D eigenvalue weighted by Crippen LogP contribution is 2.38. The van der Waals surface area contributed by atoms with Crippen LogP contribution in [-0.4, -0.2) is 11.2 Å². The highest BCUT2D eigenvalue weighted by Gasteiger charge is 2.25. The van der Waals surface area contributed by atoms with Gasteiger partial charge in [-0.2, -0.15) is 5.26 Å². The van der Waals surface area contributed by atoms with Gasteiger partial charge in [0.15, 0.2) is 0 Å². The molecule has 0 N–H and O–H groups in total. The number of rotatable bonds is 9. The predicted molar refractivity (Wildman–Crippen MR) is 131 cm³/mol. The molecular formula is C29H28N2O. The van der Waals surface area contributed by atoms with E-state index in [0.29, 0.717) is 12.5 Å². The van der Waals surface area contributed by atoms with Crippen molar-refractivity contribution in [2.45, 2.75) is 38.6 Å². The highest BCUT2D eigenvalue weighted by molar-refractivity contribution is 6.08. The van der Waals surface area contributed by atoms with Crippen molar-refractivity contribution in [2.75, 3.05) is 6.61 Å². The summed E-state index contributed by atoms with van der Waals surface area (Å²) >= 11 is 0. The number of nitrogens with zero attached hydrogens (tertiary/aromatic N) is 2. The molecule has 1 heterocycles. The normalized spacial score (nSPS) is 13.3. The Labute approximate surface area is 189 Å². The number of hydrogen-bond donors (Lipinski definition) is 0. The molecule has 3 nitrogen and oxygen atoms in total. The van der Waals surface area contributed by atoms with Crippen molar-refractivity contribution in [3.05, 3.63) is 90.0 Å². The van der Waals surface area contributed by atoms with Crippen LogP contribution in [0.15, 0.2) is 78.9 Å². The van der Waals surface area contributed by atoms with Crippen molar-refractivity contribution in [1.82, 2.24) is 4.57 Å². The molecule has 0 aliphatic heterocycles. The molecule has 0 saturated heterocycles.